The van der Waals surface area contributed by atoms with Gasteiger partial charge in [0.15, 0.2) is 0 Å². The lowest BCUT2D eigenvalue weighted by Crippen LogP contribution is -2.36. The molecular weight excluding hydrogens is 420 g/mol. The van der Waals surface area contributed by atoms with Crippen LogP contribution >= 0.6 is 11.3 Å². The molecule has 1 aromatic carbocycles. The number of anilines is 1. The summed E-state index contributed by atoms with van der Waals surface area (Å²) in [7, 11) is 1.94. The first-order valence-electron chi connectivity index (χ1n) is 9.70. The van der Waals surface area contributed by atoms with Crippen molar-refractivity contribution < 1.29 is 19.8 Å². The first-order chi connectivity index (χ1) is 14.7. The van der Waals surface area contributed by atoms with Crippen LogP contribution in [-0.2, 0) is 22.7 Å². The summed E-state index contributed by atoms with van der Waals surface area (Å²) in [6.07, 6.45) is -0.176. The number of thiophene rings is 1. The number of carboxylic acid groups (broad SMARTS) is 2. The molecule has 0 aliphatic heterocycles. The summed E-state index contributed by atoms with van der Waals surface area (Å²) in [4.78, 5) is 44.2. The molecule has 0 aliphatic carbocycles. The number of rotatable bonds is 10. The Kier molecular flexibility index (Phi) is 7.03. The van der Waals surface area contributed by atoms with Crippen LogP contribution in [-0.4, -0.2) is 45.2 Å². The van der Waals surface area contributed by atoms with Crippen molar-refractivity contribution in [1.82, 2.24) is 15.3 Å². The molecule has 0 saturated heterocycles. The second kappa shape index (κ2) is 9.71. The van der Waals surface area contributed by atoms with Crippen LogP contribution in [0.4, 0.5) is 5.00 Å². The number of carbonyl (C=O) groups is 2. The van der Waals surface area contributed by atoms with Gasteiger partial charge in [0, 0.05) is 31.4 Å². The zero-order chi connectivity index (χ0) is 22.5. The summed E-state index contributed by atoms with van der Waals surface area (Å²) in [6.45, 7) is 2.68. The highest BCUT2D eigenvalue weighted by molar-refractivity contribution is 7.16. The van der Waals surface area contributed by atoms with E-state index in [1.807, 2.05) is 42.3 Å². The number of aromatic amines is 1. The number of fused-ring (bicyclic) bond motifs is 1. The molecular formula is C21H24N4O5S. The topological polar surface area (TPSA) is 136 Å². The summed E-state index contributed by atoms with van der Waals surface area (Å²) in [5.41, 5.74) is 1.47. The monoisotopic (exact) mass is 444 g/mol. The molecule has 1 unspecified atom stereocenters. The lowest BCUT2D eigenvalue weighted by atomic mass is 10.1. The molecule has 31 heavy (non-hydrogen) atoms. The summed E-state index contributed by atoms with van der Waals surface area (Å²) in [5.74, 6) is -1.50. The third-order valence-electron chi connectivity index (χ3n) is 4.80. The van der Waals surface area contributed by atoms with Crippen molar-refractivity contribution in [2.45, 2.75) is 38.9 Å². The second-order valence-electron chi connectivity index (χ2n) is 7.30. The molecule has 3 aromatic rings. The maximum Gasteiger partial charge on any atom is 0.320 e. The maximum absolute atomic E-state index is 12.2. The molecule has 9 nitrogen and oxygen atoms in total. The molecule has 0 bridgehead atoms. The van der Waals surface area contributed by atoms with Gasteiger partial charge in [-0.1, -0.05) is 6.07 Å². The Morgan fingerprint density at radius 3 is 2.74 bits per heavy atom. The van der Waals surface area contributed by atoms with Gasteiger partial charge in [-0.15, -0.1) is 11.3 Å². The fourth-order valence-corrected chi connectivity index (χ4v) is 4.14. The Bertz CT molecular complexity index is 1160. The van der Waals surface area contributed by atoms with E-state index in [0.29, 0.717) is 29.8 Å². The van der Waals surface area contributed by atoms with Gasteiger partial charge in [0.2, 0.25) is 0 Å². The van der Waals surface area contributed by atoms with Gasteiger partial charge in [-0.05, 0) is 43.2 Å². The molecule has 2 aromatic heterocycles. The van der Waals surface area contributed by atoms with E-state index in [0.717, 1.165) is 15.4 Å². The van der Waals surface area contributed by atoms with Gasteiger partial charge in [-0.25, -0.2) is 4.98 Å². The summed E-state index contributed by atoms with van der Waals surface area (Å²) in [6, 6.07) is 8.58. The molecule has 0 aliphatic rings. The lowest BCUT2D eigenvalue weighted by Gasteiger charge is -2.17. The van der Waals surface area contributed by atoms with Crippen molar-refractivity contribution in [3.63, 3.8) is 0 Å². The van der Waals surface area contributed by atoms with Crippen molar-refractivity contribution >= 4 is 39.2 Å². The van der Waals surface area contributed by atoms with E-state index in [9.17, 15) is 19.5 Å². The molecule has 2 heterocycles. The van der Waals surface area contributed by atoms with Gasteiger partial charge in [-0.3, -0.25) is 19.7 Å². The maximum atomic E-state index is 12.2. The largest absolute Gasteiger partial charge is 0.481 e. The molecule has 10 heteroatoms. The van der Waals surface area contributed by atoms with E-state index in [4.69, 9.17) is 5.11 Å². The number of aliphatic carboxylic acids is 2. The first-order valence-corrected chi connectivity index (χ1v) is 10.5. The number of nitrogens with zero attached hydrogens (tertiary/aromatic N) is 2. The van der Waals surface area contributed by atoms with Crippen LogP contribution in [0.25, 0.3) is 10.9 Å². The van der Waals surface area contributed by atoms with E-state index in [-0.39, 0.29) is 18.4 Å². The van der Waals surface area contributed by atoms with Gasteiger partial charge in [0.25, 0.3) is 5.56 Å². The molecule has 0 amide bonds. The number of H-pyrrole nitrogens is 1. The highest BCUT2D eigenvalue weighted by Gasteiger charge is 2.18. The Morgan fingerprint density at radius 1 is 1.26 bits per heavy atom. The number of hydrogen-bond donors (Lipinski definition) is 4. The number of aromatic nitrogens is 2. The van der Waals surface area contributed by atoms with Crippen molar-refractivity contribution in [1.29, 1.82) is 0 Å². The number of carboxylic acids is 2. The molecule has 3 rings (SSSR count). The molecule has 0 saturated carbocycles. The average Bonchev–Trinajstić information content (AvgIpc) is 3.17. The number of nitrogens with one attached hydrogen (secondary N) is 2. The SMILES string of the molecule is Cc1nc2ccc(CN(C)c3ccc(CNC(CCC(=O)O)C(=O)O)s3)cc2c(=O)[nH]1. The smallest absolute Gasteiger partial charge is 0.320 e. The van der Waals surface area contributed by atoms with Crippen LogP contribution in [0.5, 0.6) is 0 Å². The Morgan fingerprint density at radius 2 is 2.03 bits per heavy atom. The molecule has 4 N–H and O–H groups in total. The molecule has 1 atom stereocenters. The predicted molar refractivity (Wildman–Crippen MR) is 119 cm³/mol. The summed E-state index contributed by atoms with van der Waals surface area (Å²) >= 11 is 1.52. The van der Waals surface area contributed by atoms with E-state index in [2.05, 4.69) is 15.3 Å². The minimum atomic E-state index is -1.06. The van der Waals surface area contributed by atoms with Crippen molar-refractivity contribution in [2.24, 2.45) is 0 Å². The predicted octanol–water partition coefficient (Wildman–Crippen LogP) is 2.34. The third-order valence-corrected chi connectivity index (χ3v) is 6.00. The van der Waals surface area contributed by atoms with Gasteiger partial charge in [-0.2, -0.15) is 0 Å². The quantitative estimate of drug-likeness (QED) is 0.374. The van der Waals surface area contributed by atoms with Gasteiger partial charge in [0.1, 0.15) is 11.9 Å². The van der Waals surface area contributed by atoms with Crippen LogP contribution in [0.1, 0.15) is 29.1 Å². The lowest BCUT2D eigenvalue weighted by molar-refractivity contribution is -0.140. The standard InChI is InChI=1S/C21H24N4O5S/c1-12-23-16-5-3-13(9-15(16)20(28)24-12)11-25(2)18-7-4-14(31-18)10-22-17(21(29)30)6-8-19(26)27/h3-5,7,9,17,22H,6,8,10-11H2,1-2H3,(H,26,27)(H,29,30)(H,23,24,28). The van der Waals surface area contributed by atoms with Crippen LogP contribution in [0, 0.1) is 6.92 Å². The Labute approximate surface area is 182 Å². The van der Waals surface area contributed by atoms with Crippen LogP contribution in [0.2, 0.25) is 0 Å². The van der Waals surface area contributed by atoms with Crippen LogP contribution in [0.15, 0.2) is 35.1 Å². The van der Waals surface area contributed by atoms with Crippen LogP contribution < -0.4 is 15.8 Å². The van der Waals surface area contributed by atoms with Gasteiger partial charge < -0.3 is 20.1 Å². The minimum Gasteiger partial charge on any atom is -0.481 e. The van der Waals surface area contributed by atoms with Crippen molar-refractivity contribution in [3.05, 3.63) is 57.0 Å². The highest BCUT2D eigenvalue weighted by Crippen LogP contribution is 2.27. The fourth-order valence-electron chi connectivity index (χ4n) is 3.22. The number of hydrogen-bond acceptors (Lipinski definition) is 7. The van der Waals surface area contributed by atoms with Crippen molar-refractivity contribution in [3.8, 4) is 0 Å². The van der Waals surface area contributed by atoms with Gasteiger partial charge in [0.05, 0.1) is 15.9 Å². The fraction of sp³-hybridized carbons (Fsp3) is 0.333. The van der Waals surface area contributed by atoms with E-state index in [1.54, 1.807) is 6.92 Å². The summed E-state index contributed by atoms with van der Waals surface area (Å²) in [5, 5.41) is 22.4. The number of aryl methyl sites for hydroxylation is 1. The second-order valence-corrected chi connectivity index (χ2v) is 8.45. The van der Waals surface area contributed by atoms with Crippen LogP contribution in [0.3, 0.4) is 0 Å². The minimum absolute atomic E-state index is 0.0261. The zero-order valence-electron chi connectivity index (χ0n) is 17.2. The molecule has 0 radical (unpaired) electrons. The summed E-state index contributed by atoms with van der Waals surface area (Å²) < 4.78 is 0. The number of benzene rings is 1. The highest BCUT2D eigenvalue weighted by atomic mass is 32.1. The average molecular weight is 445 g/mol. The molecule has 0 spiro atoms. The van der Waals surface area contributed by atoms with E-state index < -0.39 is 18.0 Å². The Balaban J connectivity index is 1.64. The molecule has 0 fully saturated rings. The third kappa shape index (κ3) is 5.89. The van der Waals surface area contributed by atoms with Crippen molar-refractivity contribution in [2.75, 3.05) is 11.9 Å². The zero-order valence-corrected chi connectivity index (χ0v) is 18.0. The normalized spacial score (nSPS) is 12.1. The van der Waals surface area contributed by atoms with Gasteiger partial charge >= 0.3 is 11.9 Å². The Hall–Kier alpha value is -3.24. The van der Waals surface area contributed by atoms with E-state index in [1.165, 1.54) is 11.3 Å². The molecule has 164 valence electrons. The first kappa shape index (κ1) is 22.4. The van der Waals surface area contributed by atoms with E-state index >= 15 is 0 Å².